The molecule has 1 nitrogen and oxygen atoms in total. The number of hydrogen-bond acceptors (Lipinski definition) is 1. The van der Waals surface area contributed by atoms with Gasteiger partial charge in [-0.1, -0.05) is 49.6 Å². The highest BCUT2D eigenvalue weighted by Gasteiger charge is 2.34. The van der Waals surface area contributed by atoms with Crippen LogP contribution in [0, 0.1) is 0 Å². The highest BCUT2D eigenvalue weighted by Crippen LogP contribution is 2.33. The molecule has 1 fully saturated rings. The summed E-state index contributed by atoms with van der Waals surface area (Å²) in [6.07, 6.45) is 4.88. The summed E-state index contributed by atoms with van der Waals surface area (Å²) < 4.78 is 37.9. The van der Waals surface area contributed by atoms with Crippen molar-refractivity contribution in [3.63, 3.8) is 0 Å². The number of rotatable bonds is 4. The van der Waals surface area contributed by atoms with Crippen molar-refractivity contribution < 1.29 is 13.2 Å². The van der Waals surface area contributed by atoms with Crippen LogP contribution >= 0.6 is 0 Å². The molecule has 0 radical (unpaired) electrons. The fraction of sp³-hybridized carbons (Fsp3) is 0.600. The van der Waals surface area contributed by atoms with Gasteiger partial charge in [-0.2, -0.15) is 13.2 Å². The van der Waals surface area contributed by atoms with Gasteiger partial charge in [-0.3, -0.25) is 4.90 Å². The van der Waals surface area contributed by atoms with E-state index in [1.807, 2.05) is 0 Å². The number of hydrogen-bond donors (Lipinski definition) is 0. The zero-order valence-corrected chi connectivity index (χ0v) is 14.1. The average molecular weight is 337 g/mol. The second-order valence-electron chi connectivity index (χ2n) is 7.10. The van der Waals surface area contributed by atoms with Gasteiger partial charge in [-0.25, -0.2) is 0 Å². The van der Waals surface area contributed by atoms with E-state index in [0.717, 1.165) is 18.9 Å². The van der Waals surface area contributed by atoms with Crippen LogP contribution in [0.15, 0.2) is 35.9 Å². The first-order valence-electron chi connectivity index (χ1n) is 9.10. The molecule has 0 spiro atoms. The Morgan fingerprint density at radius 2 is 1.71 bits per heavy atom. The SMILES string of the molecule is FC(F)(F)C1=CCN(CCc2ccc(C3CCCCC3)cc2)CC1. The Morgan fingerprint density at radius 1 is 1.00 bits per heavy atom. The van der Waals surface area contributed by atoms with Crippen molar-refractivity contribution in [1.82, 2.24) is 4.90 Å². The fourth-order valence-electron chi connectivity index (χ4n) is 3.85. The Morgan fingerprint density at radius 3 is 2.29 bits per heavy atom. The third-order valence-corrected chi connectivity index (χ3v) is 5.43. The molecule has 3 rings (SSSR count). The van der Waals surface area contributed by atoms with Gasteiger partial charge in [0.05, 0.1) is 0 Å². The maximum absolute atomic E-state index is 12.6. The Labute approximate surface area is 142 Å². The first-order chi connectivity index (χ1) is 11.5. The molecule has 1 saturated carbocycles. The van der Waals surface area contributed by atoms with Crippen LogP contribution in [0.5, 0.6) is 0 Å². The summed E-state index contributed by atoms with van der Waals surface area (Å²) in [5.74, 6) is 0.723. The van der Waals surface area contributed by atoms with Crippen molar-refractivity contribution in [3.05, 3.63) is 47.0 Å². The summed E-state index contributed by atoms with van der Waals surface area (Å²) in [6, 6.07) is 8.90. The van der Waals surface area contributed by atoms with Gasteiger partial charge in [-0.15, -0.1) is 0 Å². The van der Waals surface area contributed by atoms with E-state index in [9.17, 15) is 13.2 Å². The topological polar surface area (TPSA) is 3.24 Å². The van der Waals surface area contributed by atoms with E-state index in [4.69, 9.17) is 0 Å². The Bertz CT molecular complexity index is 553. The summed E-state index contributed by atoms with van der Waals surface area (Å²) >= 11 is 0. The minimum Gasteiger partial charge on any atom is -0.299 e. The molecule has 0 N–H and O–H groups in total. The summed E-state index contributed by atoms with van der Waals surface area (Å²) in [7, 11) is 0. The number of nitrogens with zero attached hydrogens (tertiary/aromatic N) is 1. The van der Waals surface area contributed by atoms with Crippen molar-refractivity contribution in [2.45, 2.75) is 57.0 Å². The minimum atomic E-state index is -4.15. The van der Waals surface area contributed by atoms with E-state index in [-0.39, 0.29) is 12.0 Å². The first kappa shape index (κ1) is 17.5. The van der Waals surface area contributed by atoms with E-state index >= 15 is 0 Å². The van der Waals surface area contributed by atoms with Crippen LogP contribution in [0.4, 0.5) is 13.2 Å². The molecule has 0 unspecified atom stereocenters. The fourth-order valence-corrected chi connectivity index (χ4v) is 3.85. The zero-order chi connectivity index (χ0) is 17.0. The summed E-state index contributed by atoms with van der Waals surface area (Å²) in [4.78, 5) is 2.10. The van der Waals surface area contributed by atoms with E-state index in [1.54, 1.807) is 0 Å². The lowest BCUT2D eigenvalue weighted by molar-refractivity contribution is -0.0959. The maximum atomic E-state index is 12.6. The number of halogens is 3. The third kappa shape index (κ3) is 4.62. The van der Waals surface area contributed by atoms with E-state index in [0.29, 0.717) is 13.1 Å². The van der Waals surface area contributed by atoms with Gasteiger partial charge in [-0.05, 0) is 42.7 Å². The molecule has 0 aromatic heterocycles. The van der Waals surface area contributed by atoms with Crippen molar-refractivity contribution in [2.24, 2.45) is 0 Å². The number of benzene rings is 1. The van der Waals surface area contributed by atoms with Crippen LogP contribution in [0.25, 0.3) is 0 Å². The molecular formula is C20H26F3N. The molecule has 0 atom stereocenters. The maximum Gasteiger partial charge on any atom is 0.412 e. The van der Waals surface area contributed by atoms with E-state index < -0.39 is 6.18 Å². The van der Waals surface area contributed by atoms with Gasteiger partial charge in [0.25, 0.3) is 0 Å². The summed E-state index contributed by atoms with van der Waals surface area (Å²) in [5.41, 5.74) is 2.37. The molecule has 0 amide bonds. The van der Waals surface area contributed by atoms with Crippen molar-refractivity contribution in [3.8, 4) is 0 Å². The normalized spacial score (nSPS) is 20.9. The summed E-state index contributed by atoms with van der Waals surface area (Å²) in [6.45, 7) is 1.74. The monoisotopic (exact) mass is 337 g/mol. The Kier molecular flexibility index (Phi) is 5.65. The smallest absolute Gasteiger partial charge is 0.299 e. The Hall–Kier alpha value is -1.29. The number of alkyl halides is 3. The van der Waals surface area contributed by atoms with Gasteiger partial charge in [0.1, 0.15) is 0 Å². The van der Waals surface area contributed by atoms with Gasteiger partial charge >= 0.3 is 6.18 Å². The van der Waals surface area contributed by atoms with Crippen LogP contribution in [0.1, 0.15) is 55.6 Å². The highest BCUT2D eigenvalue weighted by molar-refractivity contribution is 5.26. The standard InChI is InChI=1S/C20H26F3N/c21-20(22,23)19-11-14-24(15-12-19)13-10-16-6-8-18(9-7-16)17-4-2-1-3-5-17/h6-9,11,17H,1-5,10,12-15H2. The lowest BCUT2D eigenvalue weighted by Gasteiger charge is -2.27. The molecule has 1 aliphatic heterocycles. The van der Waals surface area contributed by atoms with Crippen LogP contribution in [-0.2, 0) is 6.42 Å². The molecule has 0 bridgehead atoms. The van der Waals surface area contributed by atoms with Gasteiger partial charge in [0, 0.05) is 25.2 Å². The van der Waals surface area contributed by atoms with Crippen molar-refractivity contribution >= 4 is 0 Å². The van der Waals surface area contributed by atoms with Crippen LogP contribution < -0.4 is 0 Å². The molecule has 1 aromatic rings. The quantitative estimate of drug-likeness (QED) is 0.658. The van der Waals surface area contributed by atoms with Crippen LogP contribution in [0.2, 0.25) is 0 Å². The van der Waals surface area contributed by atoms with E-state index in [1.165, 1.54) is 49.3 Å². The first-order valence-corrected chi connectivity index (χ1v) is 9.10. The van der Waals surface area contributed by atoms with Gasteiger partial charge < -0.3 is 0 Å². The van der Waals surface area contributed by atoms with Gasteiger partial charge in [0.2, 0.25) is 0 Å². The minimum absolute atomic E-state index is 0.115. The predicted octanol–water partition coefficient (Wildman–Crippen LogP) is 5.47. The molecular weight excluding hydrogens is 311 g/mol. The average Bonchev–Trinajstić information content (AvgIpc) is 2.61. The zero-order valence-electron chi connectivity index (χ0n) is 14.1. The van der Waals surface area contributed by atoms with Crippen LogP contribution in [0.3, 0.4) is 0 Å². The Balaban J connectivity index is 1.48. The lowest BCUT2D eigenvalue weighted by atomic mass is 9.84. The molecule has 2 aliphatic rings. The molecule has 1 aliphatic carbocycles. The predicted molar refractivity (Wildman–Crippen MR) is 91.2 cm³/mol. The lowest BCUT2D eigenvalue weighted by Crippen LogP contribution is -2.33. The van der Waals surface area contributed by atoms with E-state index in [2.05, 4.69) is 29.2 Å². The third-order valence-electron chi connectivity index (χ3n) is 5.43. The second-order valence-corrected chi connectivity index (χ2v) is 7.10. The molecule has 4 heteroatoms. The molecule has 1 heterocycles. The largest absolute Gasteiger partial charge is 0.412 e. The highest BCUT2D eigenvalue weighted by atomic mass is 19.4. The van der Waals surface area contributed by atoms with Crippen molar-refractivity contribution in [1.29, 1.82) is 0 Å². The van der Waals surface area contributed by atoms with Crippen molar-refractivity contribution in [2.75, 3.05) is 19.6 Å². The second kappa shape index (κ2) is 7.73. The van der Waals surface area contributed by atoms with Gasteiger partial charge in [0.15, 0.2) is 0 Å². The molecule has 0 saturated heterocycles. The molecule has 1 aromatic carbocycles. The molecule has 24 heavy (non-hydrogen) atoms. The van der Waals surface area contributed by atoms with Crippen LogP contribution in [-0.4, -0.2) is 30.7 Å². The summed E-state index contributed by atoms with van der Waals surface area (Å²) in [5, 5.41) is 0. The molecule has 132 valence electrons.